The molecule has 2 fully saturated rings. The minimum Gasteiger partial charge on any atom is -0.493 e. The van der Waals surface area contributed by atoms with E-state index in [2.05, 4.69) is 38.8 Å². The minimum absolute atomic E-state index is 0.0811. The van der Waals surface area contributed by atoms with Gasteiger partial charge in [-0.05, 0) is 75.0 Å². The molecular formula is C31H36F5N5O5. The number of aromatic nitrogens is 2. The number of carboxylic acids is 1. The highest BCUT2D eigenvalue weighted by Crippen LogP contribution is 2.50. The van der Waals surface area contributed by atoms with E-state index in [1.807, 2.05) is 24.7 Å². The van der Waals surface area contributed by atoms with Crippen LogP contribution >= 0.6 is 0 Å². The van der Waals surface area contributed by atoms with Crippen molar-refractivity contribution in [3.63, 3.8) is 0 Å². The second-order valence-electron chi connectivity index (χ2n) is 11.4. The fraction of sp³-hybridized carbons (Fsp3) is 0.452. The minimum atomic E-state index is -5.08. The fourth-order valence-corrected chi connectivity index (χ4v) is 6.39. The molecule has 46 heavy (non-hydrogen) atoms. The van der Waals surface area contributed by atoms with Crippen LogP contribution in [0.5, 0.6) is 11.5 Å². The molecule has 3 atom stereocenters. The number of carbonyl (C=O) groups is 2. The molecule has 3 aromatic rings. The molecule has 3 N–H and O–H groups in total. The fourth-order valence-electron chi connectivity index (χ4n) is 6.39. The maximum absolute atomic E-state index is 13.6. The molecule has 0 bridgehead atoms. The van der Waals surface area contributed by atoms with Gasteiger partial charge in [-0.2, -0.15) is 18.3 Å². The van der Waals surface area contributed by atoms with Gasteiger partial charge >= 0.3 is 18.2 Å². The van der Waals surface area contributed by atoms with E-state index in [9.17, 15) is 26.7 Å². The van der Waals surface area contributed by atoms with Crippen LogP contribution in [-0.4, -0.2) is 70.8 Å². The van der Waals surface area contributed by atoms with Crippen molar-refractivity contribution in [2.45, 2.75) is 62.8 Å². The third-order valence-electron chi connectivity index (χ3n) is 8.55. The number of aryl methyl sites for hydroxylation is 2. The van der Waals surface area contributed by atoms with Crippen molar-refractivity contribution in [2.75, 3.05) is 26.1 Å². The average molecular weight is 654 g/mol. The number of alkyl halides is 3. The lowest BCUT2D eigenvalue weighted by Gasteiger charge is -2.45. The number of carbonyl (C=O) groups excluding carboxylic acids is 1. The number of hydrogen-bond donors (Lipinski definition) is 3. The Hall–Kier alpha value is -4.40. The lowest BCUT2D eigenvalue weighted by Crippen LogP contribution is -2.52. The number of carboxylic acid groups (broad SMARTS) is 1. The van der Waals surface area contributed by atoms with Gasteiger partial charge in [-0.1, -0.05) is 6.07 Å². The molecule has 2 heterocycles. The molecule has 250 valence electrons. The smallest absolute Gasteiger partial charge is 0.490 e. The van der Waals surface area contributed by atoms with Gasteiger partial charge in [-0.3, -0.25) is 9.58 Å². The van der Waals surface area contributed by atoms with Crippen LogP contribution in [0.3, 0.4) is 0 Å². The summed E-state index contributed by atoms with van der Waals surface area (Å²) < 4.78 is 71.7. The number of anilines is 1. The van der Waals surface area contributed by atoms with Gasteiger partial charge in [0.15, 0.2) is 23.1 Å². The quantitative estimate of drug-likeness (QED) is 0.287. The van der Waals surface area contributed by atoms with Crippen LogP contribution in [-0.2, 0) is 23.8 Å². The molecule has 10 nitrogen and oxygen atoms in total. The largest absolute Gasteiger partial charge is 0.493 e. The SMILES string of the molecule is COc1ccc([C@@]23CC[C@@H](NC(=O)Nc4ccc(F)c(F)c4)C[C@@H]2N(Cc2cc(C)nn2C)CC3)cc1OC.O=C(O)C(F)(F)F. The highest BCUT2D eigenvalue weighted by Gasteiger charge is 2.52. The Kier molecular flexibility index (Phi) is 10.4. The Labute approximate surface area is 262 Å². The monoisotopic (exact) mass is 653 g/mol. The summed E-state index contributed by atoms with van der Waals surface area (Å²) in [6.45, 7) is 3.66. The van der Waals surface area contributed by atoms with E-state index in [1.54, 1.807) is 14.2 Å². The summed E-state index contributed by atoms with van der Waals surface area (Å²) in [4.78, 5) is 24.2. The summed E-state index contributed by atoms with van der Waals surface area (Å²) in [5.41, 5.74) is 3.42. The molecule has 1 saturated carbocycles. The zero-order valence-electron chi connectivity index (χ0n) is 25.8. The van der Waals surface area contributed by atoms with E-state index < -0.39 is 29.8 Å². The number of nitrogens with zero attached hydrogens (tertiary/aromatic N) is 3. The zero-order chi connectivity index (χ0) is 33.8. The van der Waals surface area contributed by atoms with Gasteiger partial charge in [0.2, 0.25) is 0 Å². The number of halogens is 5. The number of likely N-dealkylation sites (tertiary alicyclic amines) is 1. The first-order valence-corrected chi connectivity index (χ1v) is 14.5. The maximum atomic E-state index is 13.6. The van der Waals surface area contributed by atoms with Crippen molar-refractivity contribution >= 4 is 17.7 Å². The van der Waals surface area contributed by atoms with Crippen LogP contribution in [0.1, 0.15) is 42.6 Å². The molecule has 1 saturated heterocycles. The highest BCUT2D eigenvalue weighted by molar-refractivity contribution is 5.89. The van der Waals surface area contributed by atoms with Crippen LogP contribution in [0, 0.1) is 18.6 Å². The van der Waals surface area contributed by atoms with E-state index in [0.717, 1.165) is 62.3 Å². The van der Waals surface area contributed by atoms with Crippen LogP contribution in [0.2, 0.25) is 0 Å². The van der Waals surface area contributed by atoms with Gasteiger partial charge in [0.25, 0.3) is 0 Å². The van der Waals surface area contributed by atoms with Gasteiger partial charge in [0, 0.05) is 42.8 Å². The van der Waals surface area contributed by atoms with E-state index in [-0.39, 0.29) is 23.2 Å². The summed E-state index contributed by atoms with van der Waals surface area (Å²) in [6, 6.07) is 11.3. The summed E-state index contributed by atoms with van der Waals surface area (Å²) in [6.07, 6.45) is -1.69. The standard InChI is InChI=1S/C29H35F2N5O3.C2HF3O2/c1-18-13-22(35(2)34-18)17-36-12-11-29(19-5-8-25(38-3)26(14-19)39-4)10-9-21(16-27(29)36)33-28(37)32-20-6-7-23(30)24(31)15-20;3-2(4,5)1(6)7/h5-8,13-15,21,27H,9-12,16-17H2,1-4H3,(H2,32,33,37);(H,6,7)/t21-,27+,29+;/m1./s1. The third-order valence-corrected chi connectivity index (χ3v) is 8.55. The second-order valence-corrected chi connectivity index (χ2v) is 11.4. The molecule has 2 aliphatic rings. The van der Waals surface area contributed by atoms with Gasteiger partial charge in [0.05, 0.1) is 25.6 Å². The van der Waals surface area contributed by atoms with Crippen molar-refractivity contribution in [3.8, 4) is 11.5 Å². The van der Waals surface area contributed by atoms with Gasteiger partial charge in [0.1, 0.15) is 0 Å². The summed E-state index contributed by atoms with van der Waals surface area (Å²) in [5, 5.41) is 17.4. The Morgan fingerprint density at radius 1 is 1.04 bits per heavy atom. The average Bonchev–Trinajstić information content (AvgIpc) is 3.52. The van der Waals surface area contributed by atoms with Crippen LogP contribution in [0.15, 0.2) is 42.5 Å². The highest BCUT2D eigenvalue weighted by atomic mass is 19.4. The van der Waals surface area contributed by atoms with E-state index >= 15 is 0 Å². The van der Waals surface area contributed by atoms with Gasteiger partial charge in [-0.25, -0.2) is 18.4 Å². The first-order valence-electron chi connectivity index (χ1n) is 14.5. The number of hydrogen-bond acceptors (Lipinski definition) is 6. The van der Waals surface area contributed by atoms with Crippen molar-refractivity contribution in [2.24, 2.45) is 7.05 Å². The molecule has 0 spiro atoms. The number of aliphatic carboxylic acids is 1. The Morgan fingerprint density at radius 2 is 1.74 bits per heavy atom. The normalized spacial score (nSPS) is 21.1. The van der Waals surface area contributed by atoms with Crippen molar-refractivity contribution in [1.82, 2.24) is 20.0 Å². The van der Waals surface area contributed by atoms with Crippen LogP contribution in [0.25, 0.3) is 0 Å². The molecule has 15 heteroatoms. The number of urea groups is 1. The number of amides is 2. The van der Waals surface area contributed by atoms with Gasteiger partial charge < -0.3 is 25.2 Å². The maximum Gasteiger partial charge on any atom is 0.490 e. The molecule has 1 aliphatic carbocycles. The Bertz CT molecular complexity index is 1560. The number of ether oxygens (including phenoxy) is 2. The first-order chi connectivity index (χ1) is 21.7. The number of benzene rings is 2. The molecular weight excluding hydrogens is 617 g/mol. The lowest BCUT2D eigenvalue weighted by molar-refractivity contribution is -0.192. The molecule has 1 aliphatic heterocycles. The van der Waals surface area contributed by atoms with Crippen molar-refractivity contribution < 1.29 is 46.1 Å². The van der Waals surface area contributed by atoms with Gasteiger partial charge in [-0.15, -0.1) is 0 Å². The van der Waals surface area contributed by atoms with Crippen LogP contribution in [0.4, 0.5) is 32.4 Å². The van der Waals surface area contributed by atoms with Crippen molar-refractivity contribution in [1.29, 1.82) is 0 Å². The summed E-state index contributed by atoms with van der Waals surface area (Å²) >= 11 is 0. The molecule has 5 rings (SSSR count). The molecule has 0 unspecified atom stereocenters. The Balaban J connectivity index is 0.000000617. The topological polar surface area (TPSA) is 118 Å². The van der Waals surface area contributed by atoms with Crippen molar-refractivity contribution in [3.05, 3.63) is 71.1 Å². The molecule has 0 radical (unpaired) electrons. The Morgan fingerprint density at radius 3 is 2.33 bits per heavy atom. The predicted molar refractivity (Wildman–Crippen MR) is 158 cm³/mol. The predicted octanol–water partition coefficient (Wildman–Crippen LogP) is 5.54. The van der Waals surface area contributed by atoms with E-state index in [1.165, 1.54) is 11.6 Å². The third kappa shape index (κ3) is 7.69. The zero-order valence-corrected chi connectivity index (χ0v) is 25.8. The summed E-state index contributed by atoms with van der Waals surface area (Å²) in [5.74, 6) is -3.32. The number of rotatable bonds is 7. The second kappa shape index (κ2) is 13.9. The van der Waals surface area contributed by atoms with Crippen LogP contribution < -0.4 is 20.1 Å². The molecule has 2 amide bonds. The van der Waals surface area contributed by atoms with E-state index in [0.29, 0.717) is 11.5 Å². The first kappa shape index (κ1) is 34.5. The number of methoxy groups -OCH3 is 2. The van der Waals surface area contributed by atoms with E-state index in [4.69, 9.17) is 19.4 Å². The molecule has 1 aromatic heterocycles. The molecule has 2 aromatic carbocycles. The number of fused-ring (bicyclic) bond motifs is 1. The lowest BCUT2D eigenvalue weighted by atomic mass is 9.65. The number of nitrogens with one attached hydrogen (secondary N) is 2. The summed E-state index contributed by atoms with van der Waals surface area (Å²) in [7, 11) is 5.25.